The van der Waals surface area contributed by atoms with E-state index >= 15 is 0 Å². The zero-order chi connectivity index (χ0) is 21.7. The van der Waals surface area contributed by atoms with Gasteiger partial charge < -0.3 is 10.4 Å². The number of sulfone groups is 1. The van der Waals surface area contributed by atoms with E-state index in [9.17, 15) is 13.5 Å². The predicted octanol–water partition coefficient (Wildman–Crippen LogP) is 4.42. The second-order valence-electron chi connectivity index (χ2n) is 7.91. The molecule has 0 fully saturated rings. The summed E-state index contributed by atoms with van der Waals surface area (Å²) in [6.07, 6.45) is 8.56. The van der Waals surface area contributed by atoms with E-state index in [1.165, 1.54) is 6.26 Å². The Morgan fingerprint density at radius 1 is 1.30 bits per heavy atom. The van der Waals surface area contributed by atoms with E-state index in [0.29, 0.717) is 5.92 Å². The van der Waals surface area contributed by atoms with Crippen LogP contribution in [0.3, 0.4) is 0 Å². The molecule has 3 atom stereocenters. The molecular weight excluding hydrogens is 420 g/mol. The minimum atomic E-state index is -3.38. The fourth-order valence-electron chi connectivity index (χ4n) is 4.14. The van der Waals surface area contributed by atoms with E-state index < -0.39 is 9.84 Å². The maximum Gasteiger partial charge on any atom is 0.176 e. The van der Waals surface area contributed by atoms with Crippen LogP contribution in [0, 0.1) is 5.92 Å². The summed E-state index contributed by atoms with van der Waals surface area (Å²) in [6, 6.07) is 11.3. The van der Waals surface area contributed by atoms with Crippen molar-refractivity contribution >= 4 is 27.1 Å². The summed E-state index contributed by atoms with van der Waals surface area (Å²) in [4.78, 5) is 4.59. The number of benzene rings is 1. The van der Waals surface area contributed by atoms with Crippen molar-refractivity contribution in [3.05, 3.63) is 65.0 Å². The van der Waals surface area contributed by atoms with Crippen LogP contribution in [0.4, 0.5) is 0 Å². The molecule has 2 heterocycles. The third-order valence-electron chi connectivity index (χ3n) is 5.83. The molecule has 1 aliphatic heterocycles. The number of hydrogen-bond donors (Lipinski definition) is 2. The van der Waals surface area contributed by atoms with E-state index in [2.05, 4.69) is 23.3 Å². The van der Waals surface area contributed by atoms with Crippen molar-refractivity contribution in [2.24, 2.45) is 5.92 Å². The first-order valence-electron chi connectivity index (χ1n) is 10.3. The van der Waals surface area contributed by atoms with Crippen LogP contribution in [-0.4, -0.2) is 37.4 Å². The summed E-state index contributed by atoms with van der Waals surface area (Å²) in [7, 11) is -3.38. The topological polar surface area (TPSA) is 79.3 Å². The van der Waals surface area contributed by atoms with Crippen LogP contribution in [0.1, 0.15) is 49.8 Å². The molecule has 3 rings (SSSR count). The van der Waals surface area contributed by atoms with Gasteiger partial charge in [-0.25, -0.2) is 8.42 Å². The van der Waals surface area contributed by atoms with Gasteiger partial charge in [0.15, 0.2) is 9.84 Å². The molecule has 3 unspecified atom stereocenters. The third-order valence-corrected chi connectivity index (χ3v) is 7.41. The fraction of sp³-hybridized carbons (Fsp3) is 0.435. The Balaban J connectivity index is 1.89. The van der Waals surface area contributed by atoms with Crippen molar-refractivity contribution in [3.8, 4) is 0 Å². The first kappa shape index (κ1) is 22.8. The second-order valence-corrected chi connectivity index (χ2v) is 10.3. The van der Waals surface area contributed by atoms with Gasteiger partial charge in [0, 0.05) is 31.0 Å². The lowest BCUT2D eigenvalue weighted by Gasteiger charge is -2.29. The molecule has 1 aliphatic rings. The van der Waals surface area contributed by atoms with Crippen LogP contribution in [-0.2, 0) is 9.84 Å². The van der Waals surface area contributed by atoms with Gasteiger partial charge in [0.05, 0.1) is 21.3 Å². The molecule has 0 radical (unpaired) electrons. The number of halogens is 1. The highest BCUT2D eigenvalue weighted by atomic mass is 35.5. The highest BCUT2D eigenvalue weighted by Gasteiger charge is 2.30. The molecule has 162 valence electrons. The number of aliphatic hydroxyl groups is 1. The normalized spacial score (nSPS) is 18.5. The van der Waals surface area contributed by atoms with Crippen LogP contribution < -0.4 is 5.32 Å². The maximum atomic E-state index is 12.0. The van der Waals surface area contributed by atoms with Crippen LogP contribution >= 0.6 is 11.6 Å². The quantitative estimate of drug-likeness (QED) is 0.593. The van der Waals surface area contributed by atoms with Crippen LogP contribution in [0.15, 0.2) is 53.6 Å². The lowest BCUT2D eigenvalue weighted by molar-refractivity contribution is 0.239. The molecule has 0 saturated heterocycles. The standard InChI is InChI=1S/C23H29ClN2O3S/c1-3-16(11-13-27)14-18(17-7-10-23(19(24)15-17)30(2,28)29)20-8-9-22(26-20)21-6-4-5-12-25-21/h4-7,9-10,12,15-16,18,20,26-27H,3,8,11,13-14H2,1-2H3. The fourth-order valence-corrected chi connectivity index (χ4v) is 5.48. The zero-order valence-corrected chi connectivity index (χ0v) is 19.0. The van der Waals surface area contributed by atoms with Crippen molar-refractivity contribution in [2.75, 3.05) is 12.9 Å². The number of hydrogen-bond acceptors (Lipinski definition) is 5. The van der Waals surface area contributed by atoms with Gasteiger partial charge in [0.25, 0.3) is 0 Å². The number of rotatable bonds is 9. The first-order valence-corrected chi connectivity index (χ1v) is 12.6. The van der Waals surface area contributed by atoms with Crippen molar-refractivity contribution in [1.82, 2.24) is 10.3 Å². The summed E-state index contributed by atoms with van der Waals surface area (Å²) in [6.45, 7) is 2.30. The first-order chi connectivity index (χ1) is 14.3. The van der Waals surface area contributed by atoms with Crippen LogP contribution in [0.2, 0.25) is 5.02 Å². The Morgan fingerprint density at radius 2 is 2.10 bits per heavy atom. The predicted molar refractivity (Wildman–Crippen MR) is 121 cm³/mol. The van der Waals surface area contributed by atoms with Crippen LogP contribution in [0.25, 0.3) is 5.70 Å². The number of nitrogens with zero attached hydrogens (tertiary/aromatic N) is 1. The molecule has 0 amide bonds. The average molecular weight is 449 g/mol. The number of pyridine rings is 1. The highest BCUT2D eigenvalue weighted by molar-refractivity contribution is 7.90. The van der Waals surface area contributed by atoms with Gasteiger partial charge >= 0.3 is 0 Å². The largest absolute Gasteiger partial charge is 0.396 e. The molecule has 2 N–H and O–H groups in total. The maximum absolute atomic E-state index is 12.0. The Labute approximate surface area is 184 Å². The molecule has 1 aromatic heterocycles. The van der Waals surface area contributed by atoms with Crippen molar-refractivity contribution in [1.29, 1.82) is 0 Å². The molecule has 5 nitrogen and oxygen atoms in total. The smallest absolute Gasteiger partial charge is 0.176 e. The third kappa shape index (κ3) is 5.42. The lowest BCUT2D eigenvalue weighted by Crippen LogP contribution is -2.31. The average Bonchev–Trinajstić information content (AvgIpc) is 3.20. The van der Waals surface area contributed by atoms with Crippen LogP contribution in [0.5, 0.6) is 0 Å². The van der Waals surface area contributed by atoms with Gasteiger partial charge in [-0.15, -0.1) is 0 Å². The summed E-state index contributed by atoms with van der Waals surface area (Å²) >= 11 is 6.36. The molecule has 0 bridgehead atoms. The Morgan fingerprint density at radius 3 is 2.70 bits per heavy atom. The highest BCUT2D eigenvalue weighted by Crippen LogP contribution is 2.37. The monoisotopic (exact) mass is 448 g/mol. The molecule has 2 aromatic rings. The van der Waals surface area contributed by atoms with Gasteiger partial charge in [-0.1, -0.05) is 43.2 Å². The van der Waals surface area contributed by atoms with Crippen molar-refractivity contribution in [2.45, 2.75) is 49.5 Å². The van der Waals surface area contributed by atoms with Gasteiger partial charge in [-0.05, 0) is 55.0 Å². The minimum absolute atomic E-state index is 0.130. The van der Waals surface area contributed by atoms with Gasteiger partial charge in [-0.2, -0.15) is 0 Å². The summed E-state index contributed by atoms with van der Waals surface area (Å²) in [5.41, 5.74) is 2.93. The molecule has 7 heteroatoms. The number of aromatic nitrogens is 1. The Bertz CT molecular complexity index is 993. The van der Waals surface area contributed by atoms with E-state index in [1.54, 1.807) is 18.3 Å². The number of aliphatic hydroxyl groups excluding tert-OH is 1. The SMILES string of the molecule is CCC(CCO)CC(c1ccc(S(C)(=O)=O)c(Cl)c1)C1CC=C(c2ccccn2)N1. The van der Waals surface area contributed by atoms with Gasteiger partial charge in [0.1, 0.15) is 0 Å². The Kier molecular flexibility index (Phi) is 7.55. The second kappa shape index (κ2) is 9.94. The Hall–Kier alpha value is -1.89. The zero-order valence-electron chi connectivity index (χ0n) is 17.4. The van der Waals surface area contributed by atoms with E-state index in [4.69, 9.17) is 11.6 Å². The minimum Gasteiger partial charge on any atom is -0.396 e. The van der Waals surface area contributed by atoms with Gasteiger partial charge in [0.2, 0.25) is 0 Å². The molecule has 1 aromatic carbocycles. The van der Waals surface area contributed by atoms with Gasteiger partial charge in [-0.3, -0.25) is 4.98 Å². The molecule has 30 heavy (non-hydrogen) atoms. The molecular formula is C23H29ClN2O3S. The number of nitrogens with one attached hydrogen (secondary N) is 1. The van der Waals surface area contributed by atoms with Crippen molar-refractivity contribution < 1.29 is 13.5 Å². The molecule has 0 aliphatic carbocycles. The lowest BCUT2D eigenvalue weighted by atomic mass is 9.81. The molecule has 0 saturated carbocycles. The van der Waals surface area contributed by atoms with Crippen molar-refractivity contribution in [3.63, 3.8) is 0 Å². The van der Waals surface area contributed by atoms with E-state index in [1.807, 2.05) is 24.3 Å². The van der Waals surface area contributed by atoms with E-state index in [-0.39, 0.29) is 28.5 Å². The molecule has 0 spiro atoms. The summed E-state index contributed by atoms with van der Waals surface area (Å²) in [5, 5.41) is 13.3. The van der Waals surface area contributed by atoms with E-state index in [0.717, 1.165) is 42.6 Å². The summed E-state index contributed by atoms with van der Waals surface area (Å²) in [5.74, 6) is 0.499. The summed E-state index contributed by atoms with van der Waals surface area (Å²) < 4.78 is 23.9.